The number of likely N-dealkylation sites (tertiary alicyclic amines) is 1. The van der Waals surface area contributed by atoms with Gasteiger partial charge in [0.05, 0.1) is 65.5 Å². The smallest absolute Gasteiger partial charge is 0.267 e. The van der Waals surface area contributed by atoms with Crippen molar-refractivity contribution in [1.82, 2.24) is 35.1 Å². The largest absolute Gasteiger partial charge is 0.391 e. The van der Waals surface area contributed by atoms with Crippen LogP contribution in [0.25, 0.3) is 10.4 Å². The standard InChI is InChI=1S/C58H79ClN10O8S2/c1-39(2)47(57(74)69-37-46(71)33-49(69)55(72)60-35-43-17-19-44(20-18-43)54-41(4)62-38-78-54)32-45(70)15-9-8-12-27-76-29-31-77-30-28-75-26-11-7-6-10-21-67-22-24-68(25-23-67)52-34-51(63-42(5)64-52)65-58-61-36-50(79-58)56(73)66-53-40(3)14-13-16-48(53)59/h13-14,16-20,34,36,38-39,46-47,49,71H,6-12,15,21-33,35,37H2,1-5H3,(H,60,72)(H,66,73)(H,61,63,64,65)/t46-,47+,49+/m1/s1. The van der Waals surface area contributed by atoms with E-state index in [4.69, 9.17) is 30.8 Å². The van der Waals surface area contributed by atoms with Crippen LogP contribution in [0.1, 0.15) is 110 Å². The normalized spacial score (nSPS) is 16.2. The summed E-state index contributed by atoms with van der Waals surface area (Å²) in [7, 11) is 0. The lowest BCUT2D eigenvalue weighted by Gasteiger charge is -2.35. The maximum absolute atomic E-state index is 13.9. The molecule has 0 bridgehead atoms. The number of thiazole rings is 2. The molecule has 428 valence electrons. The van der Waals surface area contributed by atoms with Gasteiger partial charge in [0.25, 0.3) is 5.91 Å². The van der Waals surface area contributed by atoms with Crippen LogP contribution < -0.4 is 20.9 Å². The number of nitrogens with zero attached hydrogens (tertiary/aromatic N) is 7. The monoisotopic (exact) mass is 1140 g/mol. The zero-order valence-corrected chi connectivity index (χ0v) is 48.9. The molecule has 3 aromatic heterocycles. The van der Waals surface area contributed by atoms with Gasteiger partial charge in [0.15, 0.2) is 5.13 Å². The average Bonchev–Trinajstić information content (AvgIpc) is 4.28. The Morgan fingerprint density at radius 1 is 0.835 bits per heavy atom. The minimum Gasteiger partial charge on any atom is -0.391 e. The summed E-state index contributed by atoms with van der Waals surface area (Å²) in [6, 6.07) is 14.6. The number of aliphatic hydroxyl groups is 1. The van der Waals surface area contributed by atoms with E-state index in [1.807, 2.05) is 82.6 Å². The first kappa shape index (κ1) is 61.2. The molecule has 2 aliphatic rings. The fourth-order valence-corrected chi connectivity index (χ4v) is 11.6. The number of aromatic nitrogens is 4. The highest BCUT2D eigenvalue weighted by Gasteiger charge is 2.42. The minimum absolute atomic E-state index is 0.0319. The zero-order valence-electron chi connectivity index (χ0n) is 46.5. The summed E-state index contributed by atoms with van der Waals surface area (Å²) in [4.78, 5) is 79.2. The molecular weight excluding hydrogens is 1060 g/mol. The van der Waals surface area contributed by atoms with Crippen molar-refractivity contribution in [3.63, 3.8) is 0 Å². The van der Waals surface area contributed by atoms with Crippen molar-refractivity contribution in [2.24, 2.45) is 11.8 Å². The molecule has 5 heterocycles. The number of amides is 3. The lowest BCUT2D eigenvalue weighted by atomic mass is 9.88. The van der Waals surface area contributed by atoms with Crippen LogP contribution in [0.2, 0.25) is 5.02 Å². The molecule has 0 saturated carbocycles. The Balaban J connectivity index is 0.657. The van der Waals surface area contributed by atoms with Gasteiger partial charge in [-0.05, 0) is 81.7 Å². The van der Waals surface area contributed by atoms with Gasteiger partial charge in [0.1, 0.15) is 34.2 Å². The van der Waals surface area contributed by atoms with Gasteiger partial charge in [0, 0.05) is 83.7 Å². The van der Waals surface area contributed by atoms with Crippen LogP contribution in [-0.2, 0) is 35.1 Å². The quantitative estimate of drug-likeness (QED) is 0.0295. The Bertz CT molecular complexity index is 2720. The highest BCUT2D eigenvalue weighted by Crippen LogP contribution is 2.31. The van der Waals surface area contributed by atoms with E-state index in [2.05, 4.69) is 40.7 Å². The number of carbonyl (C=O) groups excluding carboxylic acids is 4. The predicted molar refractivity (Wildman–Crippen MR) is 313 cm³/mol. The molecule has 79 heavy (non-hydrogen) atoms. The SMILES string of the molecule is Cc1nc(Nc2ncc(C(=O)Nc3c(C)cccc3Cl)s2)cc(N2CCN(CCCCCCOCCOCCOCCCCCC(=O)C[C@H](C(=O)N3C[C@H](O)C[C@H]3C(=O)NCc3ccc(-c4scnc4C)cc3)C(C)C)CC2)n1. The maximum atomic E-state index is 13.9. The molecule has 3 atom stereocenters. The number of halogens is 1. The van der Waals surface area contributed by atoms with E-state index in [1.165, 1.54) is 16.2 Å². The van der Waals surface area contributed by atoms with Gasteiger partial charge in [-0.2, -0.15) is 0 Å². The van der Waals surface area contributed by atoms with Crippen molar-refractivity contribution in [1.29, 1.82) is 0 Å². The number of aryl methyl sites for hydroxylation is 3. The molecule has 2 aliphatic heterocycles. The van der Waals surface area contributed by atoms with Crippen molar-refractivity contribution in [3.8, 4) is 10.4 Å². The summed E-state index contributed by atoms with van der Waals surface area (Å²) in [5.74, 6) is 0.700. The summed E-state index contributed by atoms with van der Waals surface area (Å²) in [6.07, 6.45) is 8.26. The van der Waals surface area contributed by atoms with E-state index in [0.717, 1.165) is 111 Å². The van der Waals surface area contributed by atoms with Crippen LogP contribution in [0, 0.1) is 32.6 Å². The van der Waals surface area contributed by atoms with Gasteiger partial charge >= 0.3 is 0 Å². The molecule has 21 heteroatoms. The Morgan fingerprint density at radius 2 is 1.53 bits per heavy atom. The predicted octanol–water partition coefficient (Wildman–Crippen LogP) is 9.43. The van der Waals surface area contributed by atoms with Crippen molar-refractivity contribution in [3.05, 3.63) is 92.8 Å². The van der Waals surface area contributed by atoms with E-state index >= 15 is 0 Å². The van der Waals surface area contributed by atoms with E-state index in [9.17, 15) is 24.3 Å². The molecule has 0 spiro atoms. The number of hydrogen-bond acceptors (Lipinski definition) is 17. The molecular formula is C58H79ClN10O8S2. The number of nitrogens with one attached hydrogen (secondary N) is 3. The average molecular weight is 1140 g/mol. The Morgan fingerprint density at radius 3 is 2.22 bits per heavy atom. The van der Waals surface area contributed by atoms with E-state index in [0.29, 0.717) is 84.8 Å². The number of unbranched alkanes of at least 4 members (excludes halogenated alkanes) is 5. The van der Waals surface area contributed by atoms with E-state index in [-0.39, 0.29) is 48.8 Å². The number of para-hydroxylation sites is 1. The number of Topliss-reactive ketones (excluding diaryl/α,β-unsaturated/α-hetero) is 1. The van der Waals surface area contributed by atoms with Crippen LogP contribution in [0.3, 0.4) is 0 Å². The molecule has 5 aromatic rings. The van der Waals surface area contributed by atoms with Crippen LogP contribution in [-0.4, -0.2) is 149 Å². The highest BCUT2D eigenvalue weighted by molar-refractivity contribution is 7.17. The van der Waals surface area contributed by atoms with Gasteiger partial charge in [0.2, 0.25) is 11.8 Å². The molecule has 0 aliphatic carbocycles. The summed E-state index contributed by atoms with van der Waals surface area (Å²) < 4.78 is 17.2. The third-order valence-corrected chi connectivity index (χ3v) is 16.5. The maximum Gasteiger partial charge on any atom is 0.267 e. The molecule has 2 aromatic carbocycles. The molecule has 7 rings (SSSR count). The Kier molecular flexibility index (Phi) is 24.4. The van der Waals surface area contributed by atoms with E-state index < -0.39 is 18.1 Å². The number of carbonyl (C=O) groups is 4. The van der Waals surface area contributed by atoms with Crippen molar-refractivity contribution >= 4 is 80.2 Å². The number of piperazine rings is 1. The fraction of sp³-hybridized carbons (Fsp3) is 0.552. The number of anilines is 4. The lowest BCUT2D eigenvalue weighted by molar-refractivity contribution is -0.144. The third-order valence-electron chi connectivity index (χ3n) is 14.3. The Hall–Kier alpha value is -5.45. The molecule has 0 radical (unpaired) electrons. The molecule has 4 N–H and O–H groups in total. The van der Waals surface area contributed by atoms with Crippen LogP contribution in [0.5, 0.6) is 0 Å². The molecule has 2 fully saturated rings. The molecule has 3 amide bonds. The first-order valence-electron chi connectivity index (χ1n) is 27.8. The lowest BCUT2D eigenvalue weighted by Crippen LogP contribution is -2.48. The summed E-state index contributed by atoms with van der Waals surface area (Å²) in [6.45, 7) is 18.1. The first-order valence-corrected chi connectivity index (χ1v) is 29.9. The number of hydrogen-bond donors (Lipinski definition) is 4. The molecule has 18 nitrogen and oxygen atoms in total. The number of aliphatic hydroxyl groups excluding tert-OH is 1. The fourth-order valence-electron chi connectivity index (χ4n) is 9.76. The van der Waals surface area contributed by atoms with Crippen LogP contribution in [0.4, 0.5) is 22.5 Å². The molecule has 2 saturated heterocycles. The summed E-state index contributed by atoms with van der Waals surface area (Å²) in [5, 5.41) is 20.7. The summed E-state index contributed by atoms with van der Waals surface area (Å²) >= 11 is 9.14. The van der Waals surface area contributed by atoms with Gasteiger partial charge in [-0.15, -0.1) is 11.3 Å². The van der Waals surface area contributed by atoms with Crippen LogP contribution >= 0.6 is 34.3 Å². The van der Waals surface area contributed by atoms with Gasteiger partial charge in [-0.1, -0.05) is 92.4 Å². The van der Waals surface area contributed by atoms with E-state index in [1.54, 1.807) is 23.6 Å². The first-order chi connectivity index (χ1) is 38.2. The zero-order chi connectivity index (χ0) is 56.1. The number of ether oxygens (including phenoxy) is 3. The van der Waals surface area contributed by atoms with Crippen molar-refractivity contribution in [2.45, 2.75) is 118 Å². The third kappa shape index (κ3) is 19.1. The number of benzene rings is 2. The number of ketones is 1. The number of β-amino-alcohol motifs (C(OH)–C–C–N with tert-alkyl or cyclic N) is 1. The van der Waals surface area contributed by atoms with Gasteiger partial charge in [-0.3, -0.25) is 24.1 Å². The van der Waals surface area contributed by atoms with Gasteiger partial charge in [-0.25, -0.2) is 19.9 Å². The second-order valence-electron chi connectivity index (χ2n) is 20.8. The summed E-state index contributed by atoms with van der Waals surface area (Å²) in [5.41, 5.74) is 6.28. The topological polar surface area (TPSA) is 214 Å². The van der Waals surface area contributed by atoms with Gasteiger partial charge < -0.3 is 45.1 Å². The van der Waals surface area contributed by atoms with Crippen molar-refractivity contribution in [2.75, 3.05) is 94.4 Å². The van der Waals surface area contributed by atoms with Crippen LogP contribution in [0.15, 0.2) is 60.2 Å². The second kappa shape index (κ2) is 31.5. The van der Waals surface area contributed by atoms with Crippen molar-refractivity contribution < 1.29 is 38.5 Å². The minimum atomic E-state index is -0.800. The molecule has 0 unspecified atom stereocenters. The Labute approximate surface area is 478 Å². The second-order valence-corrected chi connectivity index (χ2v) is 23.1. The highest BCUT2D eigenvalue weighted by atomic mass is 35.5. The number of rotatable bonds is 32.